The summed E-state index contributed by atoms with van der Waals surface area (Å²) in [5.74, 6) is 1.27. The van der Waals surface area contributed by atoms with E-state index in [1.807, 2.05) is 13.8 Å². The first-order chi connectivity index (χ1) is 10.0. The van der Waals surface area contributed by atoms with E-state index in [9.17, 15) is 9.90 Å². The van der Waals surface area contributed by atoms with Crippen LogP contribution in [0.5, 0.6) is 17.2 Å². The van der Waals surface area contributed by atoms with Crippen molar-refractivity contribution in [3.8, 4) is 17.2 Å². The monoisotopic (exact) mass is 297 g/mol. The number of ether oxygens (including phenoxy) is 3. The van der Waals surface area contributed by atoms with Gasteiger partial charge in [-0.05, 0) is 31.5 Å². The Labute approximate surface area is 125 Å². The molecule has 21 heavy (non-hydrogen) atoms. The summed E-state index contributed by atoms with van der Waals surface area (Å²) in [6, 6.07) is 3.45. The van der Waals surface area contributed by atoms with Crippen molar-refractivity contribution in [1.29, 1.82) is 0 Å². The van der Waals surface area contributed by atoms with Gasteiger partial charge in [0.15, 0.2) is 11.5 Å². The van der Waals surface area contributed by atoms with Crippen molar-refractivity contribution in [3.05, 3.63) is 17.7 Å². The Balaban J connectivity index is 2.75. The number of methoxy groups -OCH3 is 2. The maximum Gasteiger partial charge on any atom is 0.223 e. The zero-order valence-electron chi connectivity index (χ0n) is 12.9. The van der Waals surface area contributed by atoms with Gasteiger partial charge in [-0.25, -0.2) is 0 Å². The average Bonchev–Trinajstić information content (AvgIpc) is 2.46. The molecule has 0 aliphatic rings. The second-order valence-electron chi connectivity index (χ2n) is 4.81. The highest BCUT2D eigenvalue weighted by molar-refractivity contribution is 5.76. The van der Waals surface area contributed by atoms with Crippen LogP contribution in [-0.2, 0) is 11.4 Å². The number of benzene rings is 1. The van der Waals surface area contributed by atoms with Gasteiger partial charge in [-0.15, -0.1) is 0 Å². The number of nitrogens with one attached hydrogen (secondary N) is 1. The van der Waals surface area contributed by atoms with E-state index in [0.29, 0.717) is 22.8 Å². The molecule has 6 heteroatoms. The minimum absolute atomic E-state index is 0.0742. The lowest BCUT2D eigenvalue weighted by atomic mass is 10.2. The summed E-state index contributed by atoms with van der Waals surface area (Å²) in [6.45, 7) is 3.89. The van der Waals surface area contributed by atoms with Gasteiger partial charge < -0.3 is 24.6 Å². The molecule has 0 saturated carbocycles. The highest BCUT2D eigenvalue weighted by Crippen LogP contribution is 2.38. The van der Waals surface area contributed by atoms with Crippen molar-refractivity contribution < 1.29 is 24.1 Å². The van der Waals surface area contributed by atoms with Crippen LogP contribution < -0.4 is 19.5 Å². The number of rotatable bonds is 8. The van der Waals surface area contributed by atoms with Gasteiger partial charge in [-0.1, -0.05) is 0 Å². The topological polar surface area (TPSA) is 77.0 Å². The first kappa shape index (κ1) is 17.1. The molecule has 0 bridgehead atoms. The SMILES string of the molecule is COc1cc(CO)cc(OC)c1OCCC(=O)NC(C)C. The molecule has 0 radical (unpaired) electrons. The van der Waals surface area contributed by atoms with Crippen LogP contribution >= 0.6 is 0 Å². The Bertz CT molecular complexity index is 448. The summed E-state index contributed by atoms with van der Waals surface area (Å²) in [6.07, 6.45) is 0.242. The number of carbonyl (C=O) groups is 1. The Morgan fingerprint density at radius 1 is 1.24 bits per heavy atom. The molecule has 0 aromatic heterocycles. The van der Waals surface area contributed by atoms with Crippen LogP contribution in [0.25, 0.3) is 0 Å². The minimum atomic E-state index is -0.121. The smallest absolute Gasteiger partial charge is 0.223 e. The fourth-order valence-electron chi connectivity index (χ4n) is 1.81. The van der Waals surface area contributed by atoms with Gasteiger partial charge in [0.1, 0.15) is 0 Å². The fraction of sp³-hybridized carbons (Fsp3) is 0.533. The van der Waals surface area contributed by atoms with Gasteiger partial charge in [-0.3, -0.25) is 4.79 Å². The van der Waals surface area contributed by atoms with E-state index in [4.69, 9.17) is 14.2 Å². The van der Waals surface area contributed by atoms with Crippen molar-refractivity contribution in [3.63, 3.8) is 0 Å². The zero-order chi connectivity index (χ0) is 15.8. The largest absolute Gasteiger partial charge is 0.493 e. The Hall–Kier alpha value is -1.95. The average molecular weight is 297 g/mol. The first-order valence-corrected chi connectivity index (χ1v) is 6.79. The standard InChI is InChI=1S/C15H23NO5/c1-10(2)16-14(18)5-6-21-15-12(19-3)7-11(9-17)8-13(15)20-4/h7-8,10,17H,5-6,9H2,1-4H3,(H,16,18). The third-order valence-electron chi connectivity index (χ3n) is 2.73. The van der Waals surface area contributed by atoms with E-state index in [2.05, 4.69) is 5.32 Å². The van der Waals surface area contributed by atoms with Crippen molar-refractivity contribution in [2.75, 3.05) is 20.8 Å². The molecule has 1 aromatic carbocycles. The van der Waals surface area contributed by atoms with Gasteiger partial charge in [0, 0.05) is 6.04 Å². The molecule has 0 aliphatic heterocycles. The summed E-state index contributed by atoms with van der Waals surface area (Å²) < 4.78 is 16.1. The molecule has 0 spiro atoms. The molecule has 1 rings (SSSR count). The molecule has 1 amide bonds. The van der Waals surface area contributed by atoms with Crippen molar-refractivity contribution in [2.45, 2.75) is 32.9 Å². The molecule has 2 N–H and O–H groups in total. The van der Waals surface area contributed by atoms with Gasteiger partial charge in [0.25, 0.3) is 0 Å². The van der Waals surface area contributed by atoms with Gasteiger partial charge in [0.2, 0.25) is 11.7 Å². The number of hydrogen-bond acceptors (Lipinski definition) is 5. The lowest BCUT2D eigenvalue weighted by molar-refractivity contribution is -0.122. The van der Waals surface area contributed by atoms with Crippen LogP contribution in [0.2, 0.25) is 0 Å². The van der Waals surface area contributed by atoms with Crippen LogP contribution in [0.15, 0.2) is 12.1 Å². The Kier molecular flexibility index (Phi) is 6.81. The second-order valence-corrected chi connectivity index (χ2v) is 4.81. The van der Waals surface area contributed by atoms with Crippen molar-refractivity contribution in [2.24, 2.45) is 0 Å². The maximum absolute atomic E-state index is 11.6. The van der Waals surface area contributed by atoms with E-state index in [-0.39, 0.29) is 31.6 Å². The number of amides is 1. The lowest BCUT2D eigenvalue weighted by Gasteiger charge is -2.16. The third kappa shape index (κ3) is 5.15. The van der Waals surface area contributed by atoms with E-state index in [0.717, 1.165) is 0 Å². The van der Waals surface area contributed by atoms with E-state index >= 15 is 0 Å². The molecule has 1 aromatic rings. The molecule has 0 unspecified atom stereocenters. The van der Waals surface area contributed by atoms with Crippen LogP contribution in [-0.4, -0.2) is 37.9 Å². The minimum Gasteiger partial charge on any atom is -0.493 e. The molecule has 0 saturated heterocycles. The first-order valence-electron chi connectivity index (χ1n) is 6.79. The second kappa shape index (κ2) is 8.36. The zero-order valence-corrected chi connectivity index (χ0v) is 12.9. The molecule has 6 nitrogen and oxygen atoms in total. The van der Waals surface area contributed by atoms with Gasteiger partial charge >= 0.3 is 0 Å². The molecule has 0 fully saturated rings. The summed E-state index contributed by atoms with van der Waals surface area (Å²) in [4.78, 5) is 11.6. The third-order valence-corrected chi connectivity index (χ3v) is 2.73. The number of aliphatic hydroxyl groups excluding tert-OH is 1. The predicted molar refractivity (Wildman–Crippen MR) is 78.9 cm³/mol. The predicted octanol–water partition coefficient (Wildman–Crippen LogP) is 1.49. The number of carbonyl (C=O) groups excluding carboxylic acids is 1. The maximum atomic E-state index is 11.6. The summed E-state index contributed by atoms with van der Waals surface area (Å²) in [7, 11) is 3.02. The van der Waals surface area contributed by atoms with E-state index in [1.165, 1.54) is 14.2 Å². The highest BCUT2D eigenvalue weighted by atomic mass is 16.5. The molecular weight excluding hydrogens is 274 g/mol. The van der Waals surface area contributed by atoms with Crippen LogP contribution in [0.3, 0.4) is 0 Å². The van der Waals surface area contributed by atoms with Crippen molar-refractivity contribution >= 4 is 5.91 Å². The van der Waals surface area contributed by atoms with Crippen LogP contribution in [0.1, 0.15) is 25.8 Å². The molecule has 0 heterocycles. The van der Waals surface area contributed by atoms with Crippen molar-refractivity contribution in [1.82, 2.24) is 5.32 Å². The highest BCUT2D eigenvalue weighted by Gasteiger charge is 2.14. The lowest BCUT2D eigenvalue weighted by Crippen LogP contribution is -2.31. The fourth-order valence-corrected chi connectivity index (χ4v) is 1.81. The number of hydrogen-bond donors (Lipinski definition) is 2. The quantitative estimate of drug-likeness (QED) is 0.760. The normalized spacial score (nSPS) is 10.4. The van der Waals surface area contributed by atoms with Crippen LogP contribution in [0, 0.1) is 0 Å². The van der Waals surface area contributed by atoms with Gasteiger partial charge in [-0.2, -0.15) is 0 Å². The molecular formula is C15H23NO5. The van der Waals surface area contributed by atoms with Crippen LogP contribution in [0.4, 0.5) is 0 Å². The van der Waals surface area contributed by atoms with E-state index < -0.39 is 0 Å². The molecule has 0 aliphatic carbocycles. The van der Waals surface area contributed by atoms with Gasteiger partial charge in [0.05, 0.1) is 33.9 Å². The summed E-state index contributed by atoms with van der Waals surface area (Å²) in [5, 5.41) is 12.0. The summed E-state index contributed by atoms with van der Waals surface area (Å²) >= 11 is 0. The summed E-state index contributed by atoms with van der Waals surface area (Å²) in [5.41, 5.74) is 0.661. The molecule has 0 atom stereocenters. The Morgan fingerprint density at radius 2 is 1.81 bits per heavy atom. The van der Waals surface area contributed by atoms with E-state index in [1.54, 1.807) is 12.1 Å². The number of aliphatic hydroxyl groups is 1. The Morgan fingerprint density at radius 3 is 2.24 bits per heavy atom. The molecule has 118 valence electrons.